The lowest BCUT2D eigenvalue weighted by atomic mass is 10.1. The van der Waals surface area contributed by atoms with Gasteiger partial charge in [-0.3, -0.25) is 14.7 Å². The minimum absolute atomic E-state index is 0.105. The number of hydrogen-bond donors (Lipinski definition) is 2. The van der Waals surface area contributed by atoms with Gasteiger partial charge in [-0.1, -0.05) is 18.2 Å². The number of fused-ring (bicyclic) bond motifs is 1. The molecular formula is C15H13BrN4O2. The maximum absolute atomic E-state index is 12.5. The van der Waals surface area contributed by atoms with Crippen molar-refractivity contribution in [3.8, 4) is 0 Å². The van der Waals surface area contributed by atoms with Gasteiger partial charge in [0.05, 0.1) is 18.3 Å². The summed E-state index contributed by atoms with van der Waals surface area (Å²) in [4.78, 5) is 24.3. The van der Waals surface area contributed by atoms with Crippen LogP contribution in [0.1, 0.15) is 15.9 Å². The lowest BCUT2D eigenvalue weighted by Crippen LogP contribution is -2.31. The molecule has 0 radical (unpaired) electrons. The van der Waals surface area contributed by atoms with Crippen LogP contribution < -0.4 is 10.9 Å². The van der Waals surface area contributed by atoms with Crippen molar-refractivity contribution >= 4 is 32.7 Å². The summed E-state index contributed by atoms with van der Waals surface area (Å²) in [6.07, 6.45) is 3.41. The third-order valence-electron chi connectivity index (χ3n) is 3.43. The van der Waals surface area contributed by atoms with E-state index in [9.17, 15) is 9.59 Å². The zero-order chi connectivity index (χ0) is 15.7. The second-order valence-corrected chi connectivity index (χ2v) is 5.75. The first kappa shape index (κ1) is 14.5. The van der Waals surface area contributed by atoms with E-state index in [1.54, 1.807) is 12.4 Å². The molecule has 2 N–H and O–H groups in total. The third-order valence-corrected chi connectivity index (χ3v) is 3.86. The number of amides is 1. The van der Waals surface area contributed by atoms with Gasteiger partial charge in [-0.25, -0.2) is 0 Å². The van der Waals surface area contributed by atoms with Crippen molar-refractivity contribution in [2.75, 3.05) is 7.05 Å². The third kappa shape index (κ3) is 2.55. The lowest BCUT2D eigenvalue weighted by Gasteiger charge is -2.10. The maximum atomic E-state index is 12.5. The van der Waals surface area contributed by atoms with Crippen LogP contribution in [0.2, 0.25) is 0 Å². The molecule has 7 heteroatoms. The van der Waals surface area contributed by atoms with Gasteiger partial charge in [-0.2, -0.15) is 5.10 Å². The number of rotatable bonds is 3. The van der Waals surface area contributed by atoms with Gasteiger partial charge < -0.3 is 9.88 Å². The molecule has 0 unspecified atom stereocenters. The molecule has 0 saturated heterocycles. The van der Waals surface area contributed by atoms with E-state index in [0.29, 0.717) is 11.0 Å². The number of carbonyl (C=O) groups excluding carboxylic acids is 1. The highest BCUT2D eigenvalue weighted by atomic mass is 79.9. The van der Waals surface area contributed by atoms with Crippen LogP contribution in [0.25, 0.3) is 10.9 Å². The summed E-state index contributed by atoms with van der Waals surface area (Å²) in [7, 11) is 1.50. The fraction of sp³-hybridized carbons (Fsp3) is 0.133. The highest BCUT2D eigenvalue weighted by Crippen LogP contribution is 2.17. The molecule has 3 aromatic rings. The molecule has 0 aliphatic carbocycles. The fourth-order valence-corrected chi connectivity index (χ4v) is 2.84. The van der Waals surface area contributed by atoms with Gasteiger partial charge in [0.15, 0.2) is 0 Å². The number of para-hydroxylation sites is 1. The van der Waals surface area contributed by atoms with Crippen molar-refractivity contribution in [2.45, 2.75) is 6.54 Å². The van der Waals surface area contributed by atoms with Gasteiger partial charge in [-0.05, 0) is 27.6 Å². The summed E-state index contributed by atoms with van der Waals surface area (Å²) in [6.45, 7) is 0.349. The monoisotopic (exact) mass is 360 g/mol. The molecule has 0 spiro atoms. The van der Waals surface area contributed by atoms with E-state index in [1.807, 2.05) is 18.2 Å². The van der Waals surface area contributed by atoms with E-state index in [-0.39, 0.29) is 11.1 Å². The van der Waals surface area contributed by atoms with Crippen LogP contribution in [-0.4, -0.2) is 27.7 Å². The predicted molar refractivity (Wildman–Crippen MR) is 87.0 cm³/mol. The maximum Gasteiger partial charge on any atom is 0.263 e. The Bertz CT molecular complexity index is 913. The number of carbonyl (C=O) groups is 1. The van der Waals surface area contributed by atoms with Gasteiger partial charge in [0.2, 0.25) is 0 Å². The fourth-order valence-electron chi connectivity index (χ4n) is 2.36. The average molecular weight is 361 g/mol. The van der Waals surface area contributed by atoms with Gasteiger partial charge in [0.25, 0.3) is 11.5 Å². The number of nitrogens with one attached hydrogen (secondary N) is 2. The SMILES string of the molecule is CNC(=O)c1cc(Br)cn(Cc2cccc3cn[nH]c23)c1=O. The number of hydrogen-bond acceptors (Lipinski definition) is 3. The number of nitrogens with zero attached hydrogens (tertiary/aromatic N) is 2. The minimum Gasteiger partial charge on any atom is -0.355 e. The number of aromatic nitrogens is 3. The van der Waals surface area contributed by atoms with E-state index < -0.39 is 5.91 Å². The Kier molecular flexibility index (Phi) is 3.81. The molecule has 22 heavy (non-hydrogen) atoms. The van der Waals surface area contributed by atoms with Crippen LogP contribution in [0, 0.1) is 0 Å². The topological polar surface area (TPSA) is 79.8 Å². The van der Waals surface area contributed by atoms with Gasteiger partial charge in [0, 0.05) is 23.1 Å². The van der Waals surface area contributed by atoms with Crippen molar-refractivity contribution in [1.82, 2.24) is 20.1 Å². The summed E-state index contributed by atoms with van der Waals surface area (Å²) >= 11 is 3.34. The molecule has 1 amide bonds. The zero-order valence-electron chi connectivity index (χ0n) is 11.8. The molecule has 0 atom stereocenters. The van der Waals surface area contributed by atoms with Crippen LogP contribution in [0.4, 0.5) is 0 Å². The molecule has 0 aliphatic rings. The molecule has 0 aliphatic heterocycles. The summed E-state index contributed by atoms with van der Waals surface area (Å²) < 4.78 is 2.17. The van der Waals surface area contributed by atoms with Crippen LogP contribution in [0.3, 0.4) is 0 Å². The molecule has 6 nitrogen and oxygen atoms in total. The van der Waals surface area contributed by atoms with Crippen molar-refractivity contribution in [2.24, 2.45) is 0 Å². The Morgan fingerprint density at radius 3 is 3.05 bits per heavy atom. The smallest absolute Gasteiger partial charge is 0.263 e. The standard InChI is InChI=1S/C15H13BrN4O2/c1-17-14(21)12-5-11(16)8-20(15(12)22)7-10-4-2-3-9-6-18-19-13(9)10/h2-6,8H,7H2,1H3,(H,17,21)(H,18,19). The summed E-state index contributed by atoms with van der Waals surface area (Å²) in [5, 5.41) is 10.4. The quantitative estimate of drug-likeness (QED) is 0.748. The van der Waals surface area contributed by atoms with Crippen LogP contribution in [0.5, 0.6) is 0 Å². The molecule has 2 heterocycles. The summed E-state index contributed by atoms with van der Waals surface area (Å²) in [5.41, 5.74) is 1.58. The van der Waals surface area contributed by atoms with E-state index in [4.69, 9.17) is 0 Å². The molecule has 2 aromatic heterocycles. The first-order valence-corrected chi connectivity index (χ1v) is 7.42. The van der Waals surface area contributed by atoms with E-state index in [1.165, 1.54) is 17.7 Å². The first-order valence-electron chi connectivity index (χ1n) is 6.63. The van der Waals surface area contributed by atoms with Crippen LogP contribution >= 0.6 is 15.9 Å². The molecular weight excluding hydrogens is 348 g/mol. The normalized spacial score (nSPS) is 10.8. The number of pyridine rings is 1. The Hall–Kier alpha value is -2.41. The van der Waals surface area contributed by atoms with Crippen molar-refractivity contribution in [3.63, 3.8) is 0 Å². The minimum atomic E-state index is -0.403. The molecule has 0 bridgehead atoms. The summed E-state index contributed by atoms with van der Waals surface area (Å²) in [5.74, 6) is -0.403. The van der Waals surface area contributed by atoms with E-state index in [0.717, 1.165) is 16.5 Å². The molecule has 3 rings (SSSR count). The first-order chi connectivity index (χ1) is 10.6. The Labute approximate surface area is 134 Å². The highest BCUT2D eigenvalue weighted by Gasteiger charge is 2.13. The van der Waals surface area contributed by atoms with Gasteiger partial charge in [-0.15, -0.1) is 0 Å². The largest absolute Gasteiger partial charge is 0.355 e. The second-order valence-electron chi connectivity index (χ2n) is 4.84. The van der Waals surface area contributed by atoms with Crippen molar-refractivity contribution < 1.29 is 4.79 Å². The van der Waals surface area contributed by atoms with Crippen LogP contribution in [0.15, 0.2) is 45.9 Å². The predicted octanol–water partition coefficient (Wildman–Crippen LogP) is 1.89. The molecule has 0 fully saturated rings. The Morgan fingerprint density at radius 2 is 2.27 bits per heavy atom. The molecule has 0 saturated carbocycles. The second kappa shape index (κ2) is 5.76. The summed E-state index contributed by atoms with van der Waals surface area (Å²) in [6, 6.07) is 7.31. The zero-order valence-corrected chi connectivity index (χ0v) is 13.3. The highest BCUT2D eigenvalue weighted by molar-refractivity contribution is 9.10. The average Bonchev–Trinajstić information content (AvgIpc) is 2.99. The van der Waals surface area contributed by atoms with E-state index >= 15 is 0 Å². The van der Waals surface area contributed by atoms with Crippen LogP contribution in [-0.2, 0) is 6.54 Å². The number of halogens is 1. The molecule has 1 aromatic carbocycles. The van der Waals surface area contributed by atoms with Gasteiger partial charge >= 0.3 is 0 Å². The number of H-pyrrole nitrogens is 1. The van der Waals surface area contributed by atoms with E-state index in [2.05, 4.69) is 31.4 Å². The van der Waals surface area contributed by atoms with Crippen molar-refractivity contribution in [3.05, 3.63) is 62.6 Å². The number of aromatic amines is 1. The molecule has 112 valence electrons. The Morgan fingerprint density at radius 1 is 1.45 bits per heavy atom. The lowest BCUT2D eigenvalue weighted by molar-refractivity contribution is 0.0961. The van der Waals surface area contributed by atoms with Crippen molar-refractivity contribution in [1.29, 1.82) is 0 Å². The number of benzene rings is 1. The van der Waals surface area contributed by atoms with Gasteiger partial charge in [0.1, 0.15) is 5.56 Å². The Balaban J connectivity index is 2.09.